The molecule has 79 valence electrons. The van der Waals surface area contributed by atoms with Gasteiger partial charge in [0.05, 0.1) is 0 Å². The highest BCUT2D eigenvalue weighted by molar-refractivity contribution is 5.75. The third-order valence-electron chi connectivity index (χ3n) is 2.23. The molecule has 0 saturated heterocycles. The summed E-state index contributed by atoms with van der Waals surface area (Å²) in [6, 6.07) is 14.7. The summed E-state index contributed by atoms with van der Waals surface area (Å²) in [6.07, 6.45) is 1.82. The second-order valence-electron chi connectivity index (χ2n) is 3.54. The minimum atomic E-state index is 0.524. The maximum absolute atomic E-state index is 10.3. The van der Waals surface area contributed by atoms with E-state index < -0.39 is 0 Å². The van der Waals surface area contributed by atoms with Gasteiger partial charge in [0.15, 0.2) is 0 Å². The SMILES string of the molecule is Cc1ccc(Oc2ccc([C]=O)cc2)cc1. The van der Waals surface area contributed by atoms with Gasteiger partial charge in [0.1, 0.15) is 11.5 Å². The van der Waals surface area contributed by atoms with E-state index in [9.17, 15) is 4.79 Å². The average Bonchev–Trinajstić information content (AvgIpc) is 2.33. The summed E-state index contributed by atoms with van der Waals surface area (Å²) < 4.78 is 5.60. The van der Waals surface area contributed by atoms with E-state index in [1.807, 2.05) is 37.5 Å². The molecule has 1 radical (unpaired) electrons. The van der Waals surface area contributed by atoms with E-state index in [1.165, 1.54) is 5.56 Å². The van der Waals surface area contributed by atoms with Gasteiger partial charge in [-0.15, -0.1) is 0 Å². The molecule has 0 heterocycles. The van der Waals surface area contributed by atoms with Crippen molar-refractivity contribution in [1.29, 1.82) is 0 Å². The molecule has 0 aliphatic heterocycles. The number of rotatable bonds is 3. The van der Waals surface area contributed by atoms with Gasteiger partial charge in [-0.2, -0.15) is 0 Å². The van der Waals surface area contributed by atoms with Crippen LogP contribution in [0.1, 0.15) is 11.1 Å². The van der Waals surface area contributed by atoms with Crippen molar-refractivity contribution in [2.24, 2.45) is 0 Å². The fraction of sp³-hybridized carbons (Fsp3) is 0.0714. The predicted octanol–water partition coefficient (Wildman–Crippen LogP) is 3.25. The minimum Gasteiger partial charge on any atom is -0.457 e. The second-order valence-corrected chi connectivity index (χ2v) is 3.54. The third-order valence-corrected chi connectivity index (χ3v) is 2.23. The highest BCUT2D eigenvalue weighted by Gasteiger charge is 1.97. The molecule has 2 aromatic rings. The highest BCUT2D eigenvalue weighted by atomic mass is 16.5. The maximum Gasteiger partial charge on any atom is 0.233 e. The van der Waals surface area contributed by atoms with Gasteiger partial charge < -0.3 is 4.74 Å². The van der Waals surface area contributed by atoms with Gasteiger partial charge in [-0.05, 0) is 43.3 Å². The Hall–Kier alpha value is -2.09. The lowest BCUT2D eigenvalue weighted by molar-refractivity contribution is 0.482. The van der Waals surface area contributed by atoms with Crippen molar-refractivity contribution in [3.63, 3.8) is 0 Å². The van der Waals surface area contributed by atoms with Crippen LogP contribution in [0, 0.1) is 6.92 Å². The second kappa shape index (κ2) is 4.62. The molecule has 0 amide bonds. The first kappa shape index (κ1) is 10.4. The van der Waals surface area contributed by atoms with Crippen molar-refractivity contribution in [3.05, 3.63) is 59.7 Å². The standard InChI is InChI=1S/C14H11O2/c1-11-2-6-13(7-3-11)16-14-8-4-12(10-15)5-9-14/h2-9H,1H3. The van der Waals surface area contributed by atoms with Crippen molar-refractivity contribution in [2.75, 3.05) is 0 Å². The van der Waals surface area contributed by atoms with Crippen LogP contribution in [0.5, 0.6) is 11.5 Å². The van der Waals surface area contributed by atoms with Crippen LogP contribution in [0.15, 0.2) is 48.5 Å². The van der Waals surface area contributed by atoms with Crippen LogP contribution < -0.4 is 4.74 Å². The summed E-state index contributed by atoms with van der Waals surface area (Å²) in [7, 11) is 0. The Kier molecular flexibility index (Phi) is 3.01. The number of ether oxygens (including phenoxy) is 1. The van der Waals surface area contributed by atoms with Gasteiger partial charge >= 0.3 is 0 Å². The first-order chi connectivity index (χ1) is 7.78. The zero-order valence-corrected chi connectivity index (χ0v) is 8.94. The number of benzene rings is 2. The Labute approximate surface area is 94.5 Å². The Morgan fingerprint density at radius 3 is 1.88 bits per heavy atom. The molecule has 2 rings (SSSR count). The lowest BCUT2D eigenvalue weighted by atomic mass is 10.2. The summed E-state index contributed by atoms with van der Waals surface area (Å²) in [4.78, 5) is 10.3. The van der Waals surface area contributed by atoms with Crippen LogP contribution in [0.2, 0.25) is 0 Å². The van der Waals surface area contributed by atoms with Crippen molar-refractivity contribution in [2.45, 2.75) is 6.92 Å². The van der Waals surface area contributed by atoms with Crippen molar-refractivity contribution in [1.82, 2.24) is 0 Å². The number of hydrogen-bond donors (Lipinski definition) is 0. The molecule has 0 atom stereocenters. The topological polar surface area (TPSA) is 26.3 Å². The summed E-state index contributed by atoms with van der Waals surface area (Å²) in [5.74, 6) is 1.50. The van der Waals surface area contributed by atoms with Gasteiger partial charge in [0.2, 0.25) is 6.29 Å². The molecule has 0 bridgehead atoms. The fourth-order valence-electron chi connectivity index (χ4n) is 1.33. The molecular weight excluding hydrogens is 200 g/mol. The van der Waals surface area contributed by atoms with Crippen molar-refractivity contribution >= 4 is 6.29 Å². The molecular formula is C14H11O2. The normalized spacial score (nSPS) is 9.81. The smallest absolute Gasteiger partial charge is 0.233 e. The van der Waals surface area contributed by atoms with Crippen molar-refractivity contribution < 1.29 is 9.53 Å². The van der Waals surface area contributed by atoms with E-state index in [4.69, 9.17) is 4.74 Å². The van der Waals surface area contributed by atoms with Gasteiger partial charge in [0.25, 0.3) is 0 Å². The van der Waals surface area contributed by atoms with Gasteiger partial charge in [-0.25, -0.2) is 0 Å². The molecule has 0 unspecified atom stereocenters. The van der Waals surface area contributed by atoms with Crippen LogP contribution in [-0.4, -0.2) is 6.29 Å². The van der Waals surface area contributed by atoms with Gasteiger partial charge in [-0.1, -0.05) is 17.7 Å². The largest absolute Gasteiger partial charge is 0.457 e. The molecule has 16 heavy (non-hydrogen) atoms. The summed E-state index contributed by atoms with van der Waals surface area (Å²) in [5, 5.41) is 0. The molecule has 2 nitrogen and oxygen atoms in total. The number of carbonyl (C=O) groups excluding carboxylic acids is 1. The highest BCUT2D eigenvalue weighted by Crippen LogP contribution is 2.21. The monoisotopic (exact) mass is 211 g/mol. The van der Waals surface area contributed by atoms with E-state index in [2.05, 4.69) is 0 Å². The lowest BCUT2D eigenvalue weighted by Crippen LogP contribution is -1.85. The summed E-state index contributed by atoms with van der Waals surface area (Å²) >= 11 is 0. The quantitative estimate of drug-likeness (QED) is 0.779. The van der Waals surface area contributed by atoms with Crippen LogP contribution in [-0.2, 0) is 4.79 Å². The molecule has 0 aliphatic rings. The number of hydrogen-bond acceptors (Lipinski definition) is 2. The fourth-order valence-corrected chi connectivity index (χ4v) is 1.33. The van der Waals surface area contributed by atoms with Crippen LogP contribution in [0.4, 0.5) is 0 Å². The molecule has 2 aromatic carbocycles. The molecule has 0 aliphatic carbocycles. The Bertz CT molecular complexity index is 469. The first-order valence-corrected chi connectivity index (χ1v) is 5.01. The maximum atomic E-state index is 10.3. The minimum absolute atomic E-state index is 0.524. The third kappa shape index (κ3) is 2.48. The summed E-state index contributed by atoms with van der Waals surface area (Å²) in [5.41, 5.74) is 1.72. The molecule has 0 N–H and O–H groups in total. The van der Waals surface area contributed by atoms with Crippen molar-refractivity contribution in [3.8, 4) is 11.5 Å². The Morgan fingerprint density at radius 2 is 1.38 bits per heavy atom. The van der Waals surface area contributed by atoms with Gasteiger partial charge in [0, 0.05) is 5.56 Å². The molecule has 0 fully saturated rings. The lowest BCUT2D eigenvalue weighted by Gasteiger charge is -2.05. The zero-order chi connectivity index (χ0) is 11.4. The van der Waals surface area contributed by atoms with Crippen LogP contribution in [0.3, 0.4) is 0 Å². The van der Waals surface area contributed by atoms with E-state index >= 15 is 0 Å². The Balaban J connectivity index is 2.14. The van der Waals surface area contributed by atoms with Crippen LogP contribution >= 0.6 is 0 Å². The Morgan fingerprint density at radius 1 is 0.875 bits per heavy atom. The first-order valence-electron chi connectivity index (χ1n) is 5.01. The number of aryl methyl sites for hydroxylation is 1. The zero-order valence-electron chi connectivity index (χ0n) is 8.94. The molecule has 2 heteroatoms. The molecule has 0 saturated carbocycles. The predicted molar refractivity (Wildman–Crippen MR) is 62.5 cm³/mol. The molecule has 0 spiro atoms. The van der Waals surface area contributed by atoms with E-state index in [-0.39, 0.29) is 0 Å². The van der Waals surface area contributed by atoms with E-state index in [1.54, 1.807) is 24.3 Å². The molecule has 0 aromatic heterocycles. The average molecular weight is 211 g/mol. The van der Waals surface area contributed by atoms with E-state index in [0.717, 1.165) is 5.75 Å². The van der Waals surface area contributed by atoms with E-state index in [0.29, 0.717) is 11.3 Å². The summed E-state index contributed by atoms with van der Waals surface area (Å²) in [6.45, 7) is 2.03. The van der Waals surface area contributed by atoms with Crippen LogP contribution in [0.25, 0.3) is 0 Å². The van der Waals surface area contributed by atoms with Gasteiger partial charge in [-0.3, -0.25) is 4.79 Å².